The van der Waals surface area contributed by atoms with Crippen LogP contribution in [0.25, 0.3) is 0 Å². The molecule has 2 rings (SSSR count). The van der Waals surface area contributed by atoms with Crippen molar-refractivity contribution >= 4 is 0 Å². The van der Waals surface area contributed by atoms with Crippen LogP contribution in [0.5, 0.6) is 0 Å². The van der Waals surface area contributed by atoms with Crippen molar-refractivity contribution in [1.29, 1.82) is 0 Å². The van der Waals surface area contributed by atoms with Gasteiger partial charge < -0.3 is 0 Å². The lowest BCUT2D eigenvalue weighted by atomic mass is 10.4. The quantitative estimate of drug-likeness (QED) is 0.412. The van der Waals surface area contributed by atoms with E-state index in [2.05, 4.69) is 41.5 Å². The highest BCUT2D eigenvalue weighted by atomic mass is 14.0. The van der Waals surface area contributed by atoms with Gasteiger partial charge in [0.15, 0.2) is 0 Å². The molecule has 2 saturated carbocycles. The molecule has 23 heavy (non-hydrogen) atoms. The van der Waals surface area contributed by atoms with E-state index in [0.717, 1.165) is 0 Å². The van der Waals surface area contributed by atoms with Crippen LogP contribution in [0.3, 0.4) is 0 Å². The Labute approximate surface area is 155 Å². The average Bonchev–Trinajstić information content (AvgIpc) is 3.11. The number of hydrogen-bond donors (Lipinski definition) is 0. The molecule has 0 spiro atoms. The molecule has 0 N–H and O–H groups in total. The Kier molecular flexibility index (Phi) is 109. The molecular weight excluding hydrogens is 276 g/mol. The Hall–Kier alpha value is 0. The molecule has 0 bridgehead atoms. The number of rotatable bonds is 0. The Bertz CT molecular complexity index is 58.2. The van der Waals surface area contributed by atoms with Crippen LogP contribution in [0, 0.1) is 0 Å². The lowest BCUT2D eigenvalue weighted by Crippen LogP contribution is -1.47. The van der Waals surface area contributed by atoms with Crippen LogP contribution in [0.15, 0.2) is 0 Å². The molecule has 0 saturated heterocycles. The van der Waals surface area contributed by atoms with Crippen molar-refractivity contribution in [2.24, 2.45) is 0 Å². The van der Waals surface area contributed by atoms with Crippen LogP contribution in [-0.2, 0) is 0 Å². The van der Waals surface area contributed by atoms with Gasteiger partial charge in [0.05, 0.1) is 0 Å². The van der Waals surface area contributed by atoms with E-state index in [-0.39, 0.29) is 29.7 Å². The molecule has 152 valence electrons. The molecule has 2 aliphatic carbocycles. The first-order valence-electron chi connectivity index (χ1n) is 9.24. The second-order valence-electron chi connectivity index (χ2n) is 5.66. The van der Waals surface area contributed by atoms with Gasteiger partial charge in [0.25, 0.3) is 0 Å². The van der Waals surface area contributed by atoms with Gasteiger partial charge in [-0.05, 0) is 0 Å². The fourth-order valence-electron chi connectivity index (χ4n) is 1.77. The van der Waals surface area contributed by atoms with E-state index in [0.29, 0.717) is 0 Å². The fourth-order valence-corrected chi connectivity index (χ4v) is 1.77. The molecule has 0 aliphatic heterocycles. The Balaban J connectivity index is -0.0000000274. The minimum absolute atomic E-state index is 0. The van der Waals surface area contributed by atoms with Crippen LogP contribution < -0.4 is 0 Å². The molecular formula is C23H60. The van der Waals surface area contributed by atoms with Crippen molar-refractivity contribution in [3.63, 3.8) is 0 Å². The molecule has 0 amide bonds. The van der Waals surface area contributed by atoms with Gasteiger partial charge in [-0.15, -0.1) is 0 Å². The van der Waals surface area contributed by atoms with E-state index >= 15 is 0 Å². The third kappa shape index (κ3) is 88.0. The lowest BCUT2D eigenvalue weighted by molar-refractivity contribution is 0.886. The summed E-state index contributed by atoms with van der Waals surface area (Å²) in [6.07, 6.45) is 18.8. The monoisotopic (exact) mass is 336 g/mol. The zero-order valence-corrected chi connectivity index (χ0v) is 15.2. The maximum Gasteiger partial charge on any atom is -0.0533 e. The SMILES string of the molecule is C.C.C.C.C1CCCC1.C1CCCC1.CCC.CCC.CCC. The predicted molar refractivity (Wildman–Crippen MR) is 121 cm³/mol. The summed E-state index contributed by atoms with van der Waals surface area (Å²) in [5.74, 6) is 0. The second-order valence-corrected chi connectivity index (χ2v) is 5.66. The normalized spacial score (nSPS) is 12.8. The molecule has 0 aromatic carbocycles. The summed E-state index contributed by atoms with van der Waals surface area (Å²) in [6, 6.07) is 0. The largest absolute Gasteiger partial charge is 0.0776 e. The molecule has 0 aromatic rings. The first kappa shape index (κ1) is 43.5. The van der Waals surface area contributed by atoms with Gasteiger partial charge in [-0.1, -0.05) is 155 Å². The standard InChI is InChI=1S/2C5H10.3C3H8.4CH4/c2*1-2-4-5-3-1;3*1-3-2;;;;/h2*1-5H2;3*3H2,1-2H3;4*1H4. The highest BCUT2D eigenvalue weighted by Crippen LogP contribution is 2.15. The van der Waals surface area contributed by atoms with Crippen molar-refractivity contribution in [2.45, 2.75) is 155 Å². The van der Waals surface area contributed by atoms with Gasteiger partial charge in [-0.3, -0.25) is 0 Å². The summed E-state index contributed by atoms with van der Waals surface area (Å²) in [6.45, 7) is 12.8. The summed E-state index contributed by atoms with van der Waals surface area (Å²) in [5, 5.41) is 0. The van der Waals surface area contributed by atoms with Gasteiger partial charge in [0.1, 0.15) is 0 Å². The van der Waals surface area contributed by atoms with Crippen molar-refractivity contribution < 1.29 is 0 Å². The topological polar surface area (TPSA) is 0 Å². The molecule has 0 radical (unpaired) electrons. The summed E-state index contributed by atoms with van der Waals surface area (Å²) in [4.78, 5) is 0. The summed E-state index contributed by atoms with van der Waals surface area (Å²) in [7, 11) is 0. The molecule has 0 nitrogen and oxygen atoms in total. The highest BCUT2D eigenvalue weighted by molar-refractivity contribution is 4.51. The molecule has 0 unspecified atom stereocenters. The van der Waals surface area contributed by atoms with Crippen LogP contribution >= 0.6 is 0 Å². The Morgan fingerprint density at radius 1 is 0.304 bits per heavy atom. The summed E-state index contributed by atoms with van der Waals surface area (Å²) < 4.78 is 0. The van der Waals surface area contributed by atoms with E-state index < -0.39 is 0 Å². The van der Waals surface area contributed by atoms with Crippen molar-refractivity contribution in [3.8, 4) is 0 Å². The highest BCUT2D eigenvalue weighted by Gasteiger charge is 1.95. The van der Waals surface area contributed by atoms with Crippen LogP contribution in [-0.4, -0.2) is 0 Å². The maximum absolute atomic E-state index is 2.12. The molecule has 0 heterocycles. The fraction of sp³-hybridized carbons (Fsp3) is 1.00. The molecule has 2 aliphatic rings. The third-order valence-electron chi connectivity index (χ3n) is 2.50. The van der Waals surface area contributed by atoms with Crippen LogP contribution in [0.2, 0.25) is 0 Å². The Morgan fingerprint density at radius 2 is 0.348 bits per heavy atom. The zero-order valence-electron chi connectivity index (χ0n) is 15.2. The maximum atomic E-state index is 2.12. The molecule has 2 fully saturated rings. The summed E-state index contributed by atoms with van der Waals surface area (Å²) >= 11 is 0. The predicted octanol–water partition coefficient (Wildman–Crippen LogP) is 10.7. The van der Waals surface area contributed by atoms with Gasteiger partial charge in [-0.2, -0.15) is 0 Å². The van der Waals surface area contributed by atoms with Gasteiger partial charge in [0.2, 0.25) is 0 Å². The number of hydrogen-bond acceptors (Lipinski definition) is 0. The van der Waals surface area contributed by atoms with Gasteiger partial charge in [0, 0.05) is 0 Å². The van der Waals surface area contributed by atoms with E-state index in [9.17, 15) is 0 Å². The third-order valence-corrected chi connectivity index (χ3v) is 2.50. The summed E-state index contributed by atoms with van der Waals surface area (Å²) in [5.41, 5.74) is 0. The van der Waals surface area contributed by atoms with Crippen LogP contribution in [0.1, 0.15) is 155 Å². The van der Waals surface area contributed by atoms with E-state index in [1.807, 2.05) is 0 Å². The van der Waals surface area contributed by atoms with Gasteiger partial charge >= 0.3 is 0 Å². The van der Waals surface area contributed by atoms with Crippen molar-refractivity contribution in [3.05, 3.63) is 0 Å². The second kappa shape index (κ2) is 57.4. The van der Waals surface area contributed by atoms with E-state index in [1.54, 1.807) is 0 Å². The first-order chi connectivity index (χ1) is 9.24. The zero-order chi connectivity index (χ0) is 15.2. The van der Waals surface area contributed by atoms with Gasteiger partial charge in [-0.25, -0.2) is 0 Å². The minimum atomic E-state index is 0. The molecule has 0 aromatic heterocycles. The van der Waals surface area contributed by atoms with Crippen molar-refractivity contribution in [1.82, 2.24) is 0 Å². The molecule has 0 heteroatoms. The minimum Gasteiger partial charge on any atom is -0.0776 e. The Morgan fingerprint density at radius 3 is 0.391 bits per heavy atom. The molecule has 0 atom stereocenters. The lowest BCUT2D eigenvalue weighted by Gasteiger charge is -1.67. The van der Waals surface area contributed by atoms with E-state index in [1.165, 1.54) is 83.5 Å². The average molecular weight is 337 g/mol. The van der Waals surface area contributed by atoms with Crippen molar-refractivity contribution in [2.75, 3.05) is 0 Å². The smallest absolute Gasteiger partial charge is 0.0533 e. The first-order valence-corrected chi connectivity index (χ1v) is 9.24. The van der Waals surface area contributed by atoms with E-state index in [4.69, 9.17) is 0 Å². The van der Waals surface area contributed by atoms with Crippen LogP contribution in [0.4, 0.5) is 0 Å².